The van der Waals surface area contributed by atoms with Crippen molar-refractivity contribution in [3.63, 3.8) is 0 Å². The summed E-state index contributed by atoms with van der Waals surface area (Å²) in [6.45, 7) is 5.78. The second-order valence-corrected chi connectivity index (χ2v) is 12.6. The van der Waals surface area contributed by atoms with Gasteiger partial charge in [-0.2, -0.15) is 13.2 Å². The van der Waals surface area contributed by atoms with Gasteiger partial charge in [0.15, 0.2) is 5.60 Å². The van der Waals surface area contributed by atoms with Gasteiger partial charge in [0.2, 0.25) is 0 Å². The van der Waals surface area contributed by atoms with E-state index in [0.717, 1.165) is 32.8 Å². The summed E-state index contributed by atoms with van der Waals surface area (Å²) in [4.78, 5) is 0. The molecule has 0 radical (unpaired) electrons. The number of hydrogen-bond donors (Lipinski definition) is 0. The summed E-state index contributed by atoms with van der Waals surface area (Å²) in [6.07, 6.45) is -1.09. The first-order chi connectivity index (χ1) is 20.3. The third-order valence-electron chi connectivity index (χ3n) is 8.69. The van der Waals surface area contributed by atoms with Gasteiger partial charge in [-0.05, 0) is 88.7 Å². The number of ether oxygens (including phenoxy) is 1. The van der Waals surface area contributed by atoms with Gasteiger partial charge < -0.3 is 4.74 Å². The number of alkyl halides is 3. The largest absolute Gasteiger partial charge is 0.472 e. The fourth-order valence-corrected chi connectivity index (χ4v) is 7.19. The summed E-state index contributed by atoms with van der Waals surface area (Å²) in [6, 6.07) is 20.1. The summed E-state index contributed by atoms with van der Waals surface area (Å²) in [5, 5.41) is 0.391. The van der Waals surface area contributed by atoms with Crippen molar-refractivity contribution < 1.29 is 26.7 Å². The van der Waals surface area contributed by atoms with Gasteiger partial charge in [-0.25, -0.2) is 8.78 Å². The molecule has 7 heteroatoms. The third-order valence-corrected chi connectivity index (χ3v) is 9.18. The molecule has 216 valence electrons. The Morgan fingerprint density at radius 1 is 0.791 bits per heavy atom. The van der Waals surface area contributed by atoms with Gasteiger partial charge in [0.05, 0.1) is 5.56 Å². The fraction of sp³-hybridized carbons (Fsp3) is 0.167. The van der Waals surface area contributed by atoms with E-state index in [1.165, 1.54) is 48.5 Å². The molecule has 0 saturated carbocycles. The van der Waals surface area contributed by atoms with Crippen molar-refractivity contribution in [1.82, 2.24) is 0 Å². The second kappa shape index (κ2) is 9.26. The van der Waals surface area contributed by atoms with Crippen molar-refractivity contribution in [3.8, 4) is 16.9 Å². The van der Waals surface area contributed by atoms with E-state index < -0.39 is 34.4 Å². The highest BCUT2D eigenvalue weighted by atomic mass is 79.9. The molecule has 0 N–H and O–H groups in total. The molecule has 1 heterocycles. The van der Waals surface area contributed by atoms with Gasteiger partial charge in [-0.15, -0.1) is 0 Å². The number of benzene rings is 5. The van der Waals surface area contributed by atoms with E-state index in [0.29, 0.717) is 27.6 Å². The monoisotopic (exact) mass is 646 g/mol. The van der Waals surface area contributed by atoms with Gasteiger partial charge in [0.25, 0.3) is 0 Å². The fourth-order valence-electron chi connectivity index (χ4n) is 6.83. The molecule has 0 fully saturated rings. The Kier molecular flexibility index (Phi) is 6.00. The predicted octanol–water partition coefficient (Wildman–Crippen LogP) is 10.9. The van der Waals surface area contributed by atoms with Crippen LogP contribution in [0.5, 0.6) is 5.75 Å². The van der Waals surface area contributed by atoms with Crippen molar-refractivity contribution in [2.75, 3.05) is 0 Å². The van der Waals surface area contributed by atoms with Crippen molar-refractivity contribution in [1.29, 1.82) is 0 Å². The van der Waals surface area contributed by atoms with E-state index in [-0.39, 0.29) is 11.1 Å². The molecule has 0 spiro atoms. The third kappa shape index (κ3) is 4.08. The summed E-state index contributed by atoms with van der Waals surface area (Å²) in [7, 11) is 0. The van der Waals surface area contributed by atoms with Crippen LogP contribution in [0.1, 0.15) is 52.8 Å². The summed E-state index contributed by atoms with van der Waals surface area (Å²) < 4.78 is 80.5. The highest BCUT2D eigenvalue weighted by Crippen LogP contribution is 2.59. The summed E-state index contributed by atoms with van der Waals surface area (Å²) >= 11 is 3.56. The molecule has 0 saturated heterocycles. The van der Waals surface area contributed by atoms with Gasteiger partial charge in [-0.3, -0.25) is 0 Å². The van der Waals surface area contributed by atoms with Crippen molar-refractivity contribution in [3.05, 3.63) is 140 Å². The predicted molar refractivity (Wildman–Crippen MR) is 162 cm³/mol. The molecule has 0 amide bonds. The maximum Gasteiger partial charge on any atom is 0.417 e. The molecule has 0 atom stereocenters. The van der Waals surface area contributed by atoms with Gasteiger partial charge in [-0.1, -0.05) is 72.3 Å². The van der Waals surface area contributed by atoms with E-state index in [1.807, 2.05) is 24.3 Å². The second-order valence-electron chi connectivity index (χ2n) is 11.7. The van der Waals surface area contributed by atoms with Crippen LogP contribution in [0, 0.1) is 18.6 Å². The van der Waals surface area contributed by atoms with Gasteiger partial charge >= 0.3 is 6.18 Å². The standard InChI is InChI=1S/C36H24BrF5O/c1-19-16-27-30-26-18-22(37)8-13-28(26)34(2,3)32(30)25-14-15-35(20-4-9-23(38)10-5-20,21-6-11-24(39)12-7-21)43-33(25)31(27)29(17-19)36(40,41)42/h4-18H,1-3H3. The normalized spacial score (nSPS) is 16.0. The minimum Gasteiger partial charge on any atom is -0.472 e. The summed E-state index contributed by atoms with van der Waals surface area (Å²) in [5.41, 5.74) is 2.65. The van der Waals surface area contributed by atoms with Crippen LogP contribution in [-0.2, 0) is 17.2 Å². The first-order valence-electron chi connectivity index (χ1n) is 13.7. The maximum atomic E-state index is 14.9. The van der Waals surface area contributed by atoms with Crippen LogP contribution in [0.2, 0.25) is 0 Å². The minimum absolute atomic E-state index is 0.0478. The molecule has 2 aliphatic rings. The van der Waals surface area contributed by atoms with Crippen LogP contribution >= 0.6 is 15.9 Å². The zero-order valence-electron chi connectivity index (χ0n) is 23.3. The zero-order valence-corrected chi connectivity index (χ0v) is 24.9. The average Bonchev–Trinajstić information content (AvgIpc) is 3.18. The molecule has 0 unspecified atom stereocenters. The average molecular weight is 647 g/mol. The quantitative estimate of drug-likeness (QED) is 0.173. The Hall–Kier alpha value is -3.97. The van der Waals surface area contributed by atoms with Crippen LogP contribution in [0.25, 0.3) is 28.0 Å². The zero-order chi connectivity index (χ0) is 30.5. The molecule has 0 aromatic heterocycles. The van der Waals surface area contributed by atoms with Gasteiger partial charge in [0.1, 0.15) is 17.4 Å². The smallest absolute Gasteiger partial charge is 0.417 e. The molecule has 7 rings (SSSR count). The molecule has 5 aromatic rings. The highest BCUT2D eigenvalue weighted by Gasteiger charge is 2.46. The van der Waals surface area contributed by atoms with Crippen LogP contribution in [0.15, 0.2) is 89.4 Å². The lowest BCUT2D eigenvalue weighted by atomic mass is 9.76. The van der Waals surface area contributed by atoms with Crippen LogP contribution < -0.4 is 4.74 Å². The van der Waals surface area contributed by atoms with E-state index >= 15 is 0 Å². The van der Waals surface area contributed by atoms with E-state index in [2.05, 4.69) is 29.8 Å². The van der Waals surface area contributed by atoms with Gasteiger partial charge in [0, 0.05) is 32.0 Å². The van der Waals surface area contributed by atoms with E-state index in [4.69, 9.17) is 4.74 Å². The molecule has 5 aromatic carbocycles. The Bertz CT molecular complexity index is 1940. The molecular formula is C36H24BrF5O. The highest BCUT2D eigenvalue weighted by molar-refractivity contribution is 9.10. The number of halogens is 6. The first kappa shape index (κ1) is 27.8. The minimum atomic E-state index is -4.68. The Labute approximate surface area is 253 Å². The molecular weight excluding hydrogens is 623 g/mol. The molecule has 43 heavy (non-hydrogen) atoms. The lowest BCUT2D eigenvalue weighted by molar-refractivity contribution is -0.136. The number of hydrogen-bond acceptors (Lipinski definition) is 1. The van der Waals surface area contributed by atoms with Crippen molar-refractivity contribution >= 4 is 32.8 Å². The molecule has 1 nitrogen and oxygen atoms in total. The van der Waals surface area contributed by atoms with Crippen LogP contribution in [-0.4, -0.2) is 0 Å². The van der Waals surface area contributed by atoms with E-state index in [1.54, 1.807) is 19.1 Å². The Morgan fingerprint density at radius 3 is 1.98 bits per heavy atom. The lowest BCUT2D eigenvalue weighted by Crippen LogP contribution is -2.35. The van der Waals surface area contributed by atoms with Crippen LogP contribution in [0.3, 0.4) is 0 Å². The number of aryl methyl sites for hydroxylation is 1. The Morgan fingerprint density at radius 2 is 1.40 bits per heavy atom. The first-order valence-corrected chi connectivity index (χ1v) is 14.5. The van der Waals surface area contributed by atoms with Crippen LogP contribution in [0.4, 0.5) is 22.0 Å². The Balaban J connectivity index is 1.64. The molecule has 1 aliphatic carbocycles. The molecule has 1 aliphatic heterocycles. The lowest BCUT2D eigenvalue weighted by Gasteiger charge is -2.39. The SMILES string of the molecule is Cc1cc(C(F)(F)F)c2c3c(c4c(c2c1)-c1cc(Br)ccc1C4(C)C)C=CC(c1ccc(F)cc1)(c1ccc(F)cc1)O3. The molecule has 0 bridgehead atoms. The van der Waals surface area contributed by atoms with Crippen molar-refractivity contribution in [2.45, 2.75) is 38.0 Å². The summed E-state index contributed by atoms with van der Waals surface area (Å²) in [5.74, 6) is -0.860. The number of rotatable bonds is 2. The van der Waals surface area contributed by atoms with E-state index in [9.17, 15) is 22.0 Å². The van der Waals surface area contributed by atoms with Crippen molar-refractivity contribution in [2.24, 2.45) is 0 Å². The number of fused-ring (bicyclic) bond motifs is 8. The topological polar surface area (TPSA) is 9.23 Å². The maximum absolute atomic E-state index is 14.9.